The molecular weight excluding hydrogens is 296 g/mol. The van der Waals surface area contributed by atoms with Gasteiger partial charge in [-0.2, -0.15) is 5.10 Å². The molecule has 1 unspecified atom stereocenters. The quantitative estimate of drug-likeness (QED) is 0.866. The third-order valence-electron chi connectivity index (χ3n) is 3.13. The fourth-order valence-electron chi connectivity index (χ4n) is 2.03. The molecule has 0 amide bonds. The molecule has 2 heterocycles. The van der Waals surface area contributed by atoms with Crippen molar-refractivity contribution in [2.24, 2.45) is 0 Å². The lowest BCUT2D eigenvalue weighted by Crippen LogP contribution is -2.28. The van der Waals surface area contributed by atoms with Crippen LogP contribution in [0.5, 0.6) is 0 Å². The van der Waals surface area contributed by atoms with Gasteiger partial charge in [-0.1, -0.05) is 13.3 Å². The van der Waals surface area contributed by atoms with E-state index in [1.807, 2.05) is 0 Å². The summed E-state index contributed by atoms with van der Waals surface area (Å²) in [6, 6.07) is 0.383. The van der Waals surface area contributed by atoms with Crippen LogP contribution < -0.4 is 16.2 Å². The summed E-state index contributed by atoms with van der Waals surface area (Å²) in [5.41, 5.74) is 0.737. The SMILES string of the molecule is CCCCn1ncc(NC2CCNC2)c(Br)c1=O. The molecule has 0 bridgehead atoms. The lowest BCUT2D eigenvalue weighted by molar-refractivity contribution is 0.540. The maximum Gasteiger partial charge on any atom is 0.283 e. The Balaban J connectivity index is 2.12. The normalized spacial score (nSPS) is 19.1. The third-order valence-corrected chi connectivity index (χ3v) is 3.89. The summed E-state index contributed by atoms with van der Waals surface area (Å²) in [5, 5.41) is 10.8. The molecular formula is C12H19BrN4O. The van der Waals surface area contributed by atoms with Crippen LogP contribution in [0.1, 0.15) is 26.2 Å². The van der Waals surface area contributed by atoms with Crippen LogP contribution in [0.4, 0.5) is 5.69 Å². The molecule has 0 aliphatic carbocycles. The predicted molar refractivity (Wildman–Crippen MR) is 76.0 cm³/mol. The van der Waals surface area contributed by atoms with Crippen molar-refractivity contribution >= 4 is 21.6 Å². The van der Waals surface area contributed by atoms with E-state index in [0.717, 1.165) is 38.0 Å². The van der Waals surface area contributed by atoms with Crippen LogP contribution >= 0.6 is 15.9 Å². The number of rotatable bonds is 5. The molecule has 100 valence electrons. The van der Waals surface area contributed by atoms with Crippen LogP contribution in [0, 0.1) is 0 Å². The van der Waals surface area contributed by atoms with Crippen LogP contribution in [0.15, 0.2) is 15.5 Å². The lowest BCUT2D eigenvalue weighted by atomic mass is 10.2. The number of unbranched alkanes of at least 4 members (excludes halogenated alkanes) is 1. The van der Waals surface area contributed by atoms with E-state index in [0.29, 0.717) is 17.1 Å². The van der Waals surface area contributed by atoms with E-state index in [1.165, 1.54) is 4.68 Å². The number of anilines is 1. The summed E-state index contributed by atoms with van der Waals surface area (Å²) in [6.07, 6.45) is 4.84. The highest BCUT2D eigenvalue weighted by Gasteiger charge is 2.16. The van der Waals surface area contributed by atoms with Crippen molar-refractivity contribution < 1.29 is 0 Å². The highest BCUT2D eigenvalue weighted by molar-refractivity contribution is 9.10. The molecule has 1 aromatic rings. The first-order valence-electron chi connectivity index (χ1n) is 6.45. The molecule has 1 fully saturated rings. The topological polar surface area (TPSA) is 59.0 Å². The number of aryl methyl sites for hydroxylation is 1. The Bertz CT molecular complexity index is 454. The van der Waals surface area contributed by atoms with Gasteiger partial charge >= 0.3 is 0 Å². The summed E-state index contributed by atoms with van der Waals surface area (Å²) in [7, 11) is 0. The molecule has 1 aromatic heterocycles. The van der Waals surface area contributed by atoms with Crippen molar-refractivity contribution in [2.75, 3.05) is 18.4 Å². The minimum Gasteiger partial charge on any atom is -0.379 e. The van der Waals surface area contributed by atoms with E-state index in [9.17, 15) is 4.79 Å². The van der Waals surface area contributed by atoms with E-state index < -0.39 is 0 Å². The molecule has 0 radical (unpaired) electrons. The number of aromatic nitrogens is 2. The summed E-state index contributed by atoms with van der Waals surface area (Å²) < 4.78 is 2.10. The standard InChI is InChI=1S/C12H19BrN4O/c1-2-3-6-17-12(18)11(13)10(8-15-17)16-9-4-5-14-7-9/h8-9,14,16H,2-7H2,1H3. The summed E-state index contributed by atoms with van der Waals surface area (Å²) >= 11 is 3.37. The van der Waals surface area contributed by atoms with Gasteiger partial charge in [0.1, 0.15) is 4.47 Å². The maximum atomic E-state index is 12.1. The molecule has 0 saturated carbocycles. The van der Waals surface area contributed by atoms with Gasteiger partial charge in [-0.25, -0.2) is 4.68 Å². The van der Waals surface area contributed by atoms with Crippen LogP contribution in [0.3, 0.4) is 0 Å². The molecule has 2 N–H and O–H groups in total. The molecule has 18 heavy (non-hydrogen) atoms. The highest BCUT2D eigenvalue weighted by Crippen LogP contribution is 2.18. The highest BCUT2D eigenvalue weighted by atomic mass is 79.9. The van der Waals surface area contributed by atoms with Crippen molar-refractivity contribution in [2.45, 2.75) is 38.8 Å². The first-order chi connectivity index (χ1) is 8.72. The van der Waals surface area contributed by atoms with Gasteiger partial charge in [0.25, 0.3) is 5.56 Å². The minimum absolute atomic E-state index is 0.0561. The van der Waals surface area contributed by atoms with Crippen LogP contribution in [-0.2, 0) is 6.54 Å². The second-order valence-corrected chi connectivity index (χ2v) is 5.38. The molecule has 1 saturated heterocycles. The van der Waals surface area contributed by atoms with Gasteiger partial charge in [-0.15, -0.1) is 0 Å². The zero-order valence-electron chi connectivity index (χ0n) is 10.6. The van der Waals surface area contributed by atoms with Gasteiger partial charge < -0.3 is 10.6 Å². The zero-order chi connectivity index (χ0) is 13.0. The smallest absolute Gasteiger partial charge is 0.283 e. The molecule has 1 atom stereocenters. The summed E-state index contributed by atoms with van der Waals surface area (Å²) in [4.78, 5) is 12.1. The summed E-state index contributed by atoms with van der Waals surface area (Å²) in [5.74, 6) is 0. The van der Waals surface area contributed by atoms with Gasteiger partial charge in [0, 0.05) is 19.1 Å². The maximum absolute atomic E-state index is 12.1. The Morgan fingerprint density at radius 2 is 2.50 bits per heavy atom. The van der Waals surface area contributed by atoms with Crippen LogP contribution in [-0.4, -0.2) is 28.9 Å². The second-order valence-electron chi connectivity index (χ2n) is 4.59. The van der Waals surface area contributed by atoms with Crippen molar-refractivity contribution in [3.05, 3.63) is 21.0 Å². The van der Waals surface area contributed by atoms with E-state index in [-0.39, 0.29) is 5.56 Å². The van der Waals surface area contributed by atoms with Gasteiger partial charge in [-0.05, 0) is 35.3 Å². The van der Waals surface area contributed by atoms with Crippen molar-refractivity contribution in [3.63, 3.8) is 0 Å². The van der Waals surface area contributed by atoms with Gasteiger partial charge in [0.05, 0.1) is 11.9 Å². The monoisotopic (exact) mass is 314 g/mol. The number of nitrogens with zero attached hydrogens (tertiary/aromatic N) is 2. The van der Waals surface area contributed by atoms with Crippen molar-refractivity contribution in [1.29, 1.82) is 0 Å². The molecule has 6 heteroatoms. The molecule has 0 aromatic carbocycles. The first kappa shape index (κ1) is 13.5. The Hall–Kier alpha value is -0.880. The fourth-order valence-corrected chi connectivity index (χ4v) is 2.45. The largest absolute Gasteiger partial charge is 0.379 e. The number of halogens is 1. The van der Waals surface area contributed by atoms with Crippen molar-refractivity contribution in [1.82, 2.24) is 15.1 Å². The van der Waals surface area contributed by atoms with E-state index in [2.05, 4.69) is 38.6 Å². The number of hydrogen-bond acceptors (Lipinski definition) is 4. The molecule has 5 nitrogen and oxygen atoms in total. The first-order valence-corrected chi connectivity index (χ1v) is 7.24. The molecule has 2 rings (SSSR count). The summed E-state index contributed by atoms with van der Waals surface area (Å²) in [6.45, 7) is 4.74. The Kier molecular flexibility index (Phi) is 4.77. The van der Waals surface area contributed by atoms with E-state index in [1.54, 1.807) is 6.20 Å². The Labute approximate surface area is 115 Å². The Morgan fingerprint density at radius 1 is 1.67 bits per heavy atom. The second kappa shape index (κ2) is 6.33. The number of nitrogens with one attached hydrogen (secondary N) is 2. The van der Waals surface area contributed by atoms with E-state index >= 15 is 0 Å². The fraction of sp³-hybridized carbons (Fsp3) is 0.667. The van der Waals surface area contributed by atoms with Crippen LogP contribution in [0.25, 0.3) is 0 Å². The van der Waals surface area contributed by atoms with Crippen molar-refractivity contribution in [3.8, 4) is 0 Å². The molecule has 0 spiro atoms. The lowest BCUT2D eigenvalue weighted by Gasteiger charge is -2.14. The van der Waals surface area contributed by atoms with Gasteiger partial charge in [-0.3, -0.25) is 4.79 Å². The zero-order valence-corrected chi connectivity index (χ0v) is 12.2. The number of hydrogen-bond donors (Lipinski definition) is 2. The van der Waals surface area contributed by atoms with E-state index in [4.69, 9.17) is 0 Å². The molecule has 1 aliphatic heterocycles. The average Bonchev–Trinajstić information content (AvgIpc) is 2.87. The van der Waals surface area contributed by atoms with Gasteiger partial charge in [0.15, 0.2) is 0 Å². The Morgan fingerprint density at radius 3 is 3.17 bits per heavy atom. The van der Waals surface area contributed by atoms with Gasteiger partial charge in [0.2, 0.25) is 0 Å². The predicted octanol–water partition coefficient (Wildman–Crippen LogP) is 1.58. The average molecular weight is 315 g/mol. The van der Waals surface area contributed by atoms with Crippen LogP contribution in [0.2, 0.25) is 0 Å². The molecule has 1 aliphatic rings. The minimum atomic E-state index is -0.0561. The third kappa shape index (κ3) is 3.11.